The molecule has 7 heteroatoms. The molecule has 1 heterocycles. The lowest BCUT2D eigenvalue weighted by Gasteiger charge is -2.29. The van der Waals surface area contributed by atoms with Gasteiger partial charge in [0.15, 0.2) is 0 Å². The van der Waals surface area contributed by atoms with Gasteiger partial charge < -0.3 is 19.7 Å². The zero-order chi connectivity index (χ0) is 23.8. The third-order valence-corrected chi connectivity index (χ3v) is 6.05. The molecule has 2 aromatic carbocycles. The van der Waals surface area contributed by atoms with Crippen LogP contribution >= 0.6 is 0 Å². The van der Waals surface area contributed by atoms with Crippen molar-refractivity contribution in [2.75, 3.05) is 45.7 Å². The van der Waals surface area contributed by atoms with Crippen LogP contribution in [0.15, 0.2) is 42.5 Å². The van der Waals surface area contributed by atoms with Crippen LogP contribution in [0.2, 0.25) is 0 Å². The van der Waals surface area contributed by atoms with Crippen LogP contribution in [0, 0.1) is 6.92 Å². The Balaban J connectivity index is 1.69. The molecule has 1 aliphatic rings. The molecule has 2 aromatic rings. The van der Waals surface area contributed by atoms with Crippen LogP contribution in [0.25, 0.3) is 0 Å². The van der Waals surface area contributed by atoms with Gasteiger partial charge in [-0.3, -0.25) is 14.5 Å². The number of aryl methyl sites for hydroxylation is 1. The number of anilines is 1. The van der Waals surface area contributed by atoms with Gasteiger partial charge in [0, 0.05) is 17.8 Å². The van der Waals surface area contributed by atoms with Gasteiger partial charge in [0.05, 0.1) is 33.4 Å². The van der Waals surface area contributed by atoms with Crippen LogP contribution in [0.3, 0.4) is 0 Å². The summed E-state index contributed by atoms with van der Waals surface area (Å²) in [5, 5.41) is 2.97. The molecule has 1 N–H and O–H groups in total. The summed E-state index contributed by atoms with van der Waals surface area (Å²) in [7, 11) is 3.27. The number of methoxy groups -OCH3 is 2. The summed E-state index contributed by atoms with van der Waals surface area (Å²) < 4.78 is 11.0. The molecule has 3 rings (SSSR count). The molecule has 7 nitrogen and oxygen atoms in total. The van der Waals surface area contributed by atoms with E-state index in [2.05, 4.69) is 12.2 Å². The van der Waals surface area contributed by atoms with Crippen LogP contribution in [0.1, 0.15) is 43.4 Å². The van der Waals surface area contributed by atoms with Gasteiger partial charge >= 0.3 is 0 Å². The van der Waals surface area contributed by atoms with Gasteiger partial charge in [-0.25, -0.2) is 0 Å². The molecule has 178 valence electrons. The quantitative estimate of drug-likeness (QED) is 0.588. The third kappa shape index (κ3) is 6.26. The highest BCUT2D eigenvalue weighted by atomic mass is 16.5. The monoisotopic (exact) mass is 453 g/mol. The first-order valence-corrected chi connectivity index (χ1v) is 11.6. The second kappa shape index (κ2) is 11.7. The fourth-order valence-corrected chi connectivity index (χ4v) is 4.41. The minimum absolute atomic E-state index is 0.0273. The number of ether oxygens (including phenoxy) is 2. The molecule has 1 fully saturated rings. The topological polar surface area (TPSA) is 71.1 Å². The summed E-state index contributed by atoms with van der Waals surface area (Å²) in [4.78, 5) is 29.9. The Morgan fingerprint density at radius 2 is 1.91 bits per heavy atom. The molecule has 2 amide bonds. The smallest absolute Gasteiger partial charge is 0.238 e. The summed E-state index contributed by atoms with van der Waals surface area (Å²) in [5.41, 5.74) is 2.77. The van der Waals surface area contributed by atoms with E-state index in [0.29, 0.717) is 13.1 Å². The van der Waals surface area contributed by atoms with Crippen LogP contribution < -0.4 is 14.8 Å². The van der Waals surface area contributed by atoms with E-state index in [1.54, 1.807) is 14.2 Å². The number of amides is 2. The largest absolute Gasteiger partial charge is 0.497 e. The molecule has 33 heavy (non-hydrogen) atoms. The Kier molecular flexibility index (Phi) is 8.72. The van der Waals surface area contributed by atoms with E-state index in [1.807, 2.05) is 59.2 Å². The SMILES string of the molecule is CCCN(CC(=O)Nc1ccccc1C)CC(=O)N1CCCC1c1cc(OC)ccc1OC. The van der Waals surface area contributed by atoms with Gasteiger partial charge in [0.1, 0.15) is 11.5 Å². The van der Waals surface area contributed by atoms with Crippen molar-refractivity contribution in [2.45, 2.75) is 39.2 Å². The molecule has 1 unspecified atom stereocenters. The molecular formula is C26H35N3O4. The van der Waals surface area contributed by atoms with Gasteiger partial charge in [-0.15, -0.1) is 0 Å². The highest BCUT2D eigenvalue weighted by molar-refractivity contribution is 5.93. The first-order chi connectivity index (χ1) is 16.0. The van der Waals surface area contributed by atoms with Gasteiger partial charge in [0.2, 0.25) is 11.8 Å². The highest BCUT2D eigenvalue weighted by Crippen LogP contribution is 2.39. The minimum Gasteiger partial charge on any atom is -0.497 e. The van der Waals surface area contributed by atoms with E-state index >= 15 is 0 Å². The standard InChI is InChI=1S/C26H35N3O4/c1-5-14-28(17-25(30)27-22-10-7-6-9-19(22)2)18-26(31)29-15-8-11-23(29)21-16-20(32-3)12-13-24(21)33-4/h6-7,9-10,12-13,16,23H,5,8,11,14-15,17-18H2,1-4H3,(H,27,30). The molecule has 0 bridgehead atoms. The lowest BCUT2D eigenvalue weighted by molar-refractivity contribution is -0.133. The molecule has 0 aliphatic carbocycles. The van der Waals surface area contributed by atoms with E-state index in [0.717, 1.165) is 47.6 Å². The predicted molar refractivity (Wildman–Crippen MR) is 130 cm³/mol. The van der Waals surface area contributed by atoms with Crippen molar-refractivity contribution in [3.63, 3.8) is 0 Å². The number of nitrogens with one attached hydrogen (secondary N) is 1. The number of para-hydroxylation sites is 1. The van der Waals surface area contributed by atoms with Crippen LogP contribution in [-0.2, 0) is 9.59 Å². The van der Waals surface area contributed by atoms with Crippen LogP contribution in [0.4, 0.5) is 5.69 Å². The lowest BCUT2D eigenvalue weighted by Crippen LogP contribution is -2.43. The van der Waals surface area contributed by atoms with Crippen molar-refractivity contribution >= 4 is 17.5 Å². The van der Waals surface area contributed by atoms with Gasteiger partial charge in [0.25, 0.3) is 0 Å². The fraction of sp³-hybridized carbons (Fsp3) is 0.462. The second-order valence-corrected chi connectivity index (χ2v) is 8.43. The van der Waals surface area contributed by atoms with Gasteiger partial charge in [-0.1, -0.05) is 25.1 Å². The molecule has 0 spiro atoms. The maximum Gasteiger partial charge on any atom is 0.238 e. The Morgan fingerprint density at radius 3 is 2.61 bits per heavy atom. The van der Waals surface area contributed by atoms with Gasteiger partial charge in [-0.2, -0.15) is 0 Å². The van der Waals surface area contributed by atoms with Crippen LogP contribution in [0.5, 0.6) is 11.5 Å². The first-order valence-electron chi connectivity index (χ1n) is 11.6. The number of carbonyl (C=O) groups excluding carboxylic acids is 2. The van der Waals surface area contributed by atoms with E-state index < -0.39 is 0 Å². The van der Waals surface area contributed by atoms with Crippen molar-refractivity contribution in [1.29, 1.82) is 0 Å². The number of carbonyl (C=O) groups is 2. The molecular weight excluding hydrogens is 418 g/mol. The third-order valence-electron chi connectivity index (χ3n) is 6.05. The summed E-state index contributed by atoms with van der Waals surface area (Å²) in [6.07, 6.45) is 2.66. The number of nitrogens with zero attached hydrogens (tertiary/aromatic N) is 2. The summed E-state index contributed by atoms with van der Waals surface area (Å²) in [5.74, 6) is 1.41. The minimum atomic E-state index is -0.113. The maximum absolute atomic E-state index is 13.3. The average Bonchev–Trinajstić information content (AvgIpc) is 3.30. The Bertz CT molecular complexity index is 962. The molecule has 1 atom stereocenters. The molecule has 1 saturated heterocycles. The molecule has 0 saturated carbocycles. The lowest BCUT2D eigenvalue weighted by atomic mass is 10.0. The van der Waals surface area contributed by atoms with Gasteiger partial charge in [-0.05, 0) is 62.6 Å². The average molecular weight is 454 g/mol. The van der Waals surface area contributed by atoms with E-state index in [1.165, 1.54) is 0 Å². The Morgan fingerprint density at radius 1 is 1.12 bits per heavy atom. The highest BCUT2D eigenvalue weighted by Gasteiger charge is 2.33. The number of hydrogen-bond donors (Lipinski definition) is 1. The fourth-order valence-electron chi connectivity index (χ4n) is 4.41. The molecule has 1 aliphatic heterocycles. The zero-order valence-electron chi connectivity index (χ0n) is 20.1. The summed E-state index contributed by atoms with van der Waals surface area (Å²) >= 11 is 0. The van der Waals surface area contributed by atoms with Crippen molar-refractivity contribution in [3.05, 3.63) is 53.6 Å². The Labute approximate surface area is 196 Å². The van der Waals surface area contributed by atoms with E-state index in [9.17, 15) is 9.59 Å². The second-order valence-electron chi connectivity index (χ2n) is 8.43. The van der Waals surface area contributed by atoms with Crippen molar-refractivity contribution in [2.24, 2.45) is 0 Å². The van der Waals surface area contributed by atoms with Crippen LogP contribution in [-0.4, -0.2) is 62.0 Å². The number of rotatable bonds is 10. The first kappa shape index (κ1) is 24.6. The number of hydrogen-bond acceptors (Lipinski definition) is 5. The normalized spacial score (nSPS) is 15.5. The molecule has 0 radical (unpaired) electrons. The van der Waals surface area contributed by atoms with Crippen molar-refractivity contribution < 1.29 is 19.1 Å². The maximum atomic E-state index is 13.3. The van der Waals surface area contributed by atoms with E-state index in [-0.39, 0.29) is 30.9 Å². The Hall–Kier alpha value is -3.06. The predicted octanol–water partition coefficient (Wildman–Crippen LogP) is 4.03. The number of likely N-dealkylation sites (tertiary alicyclic amines) is 1. The van der Waals surface area contributed by atoms with E-state index in [4.69, 9.17) is 9.47 Å². The summed E-state index contributed by atoms with van der Waals surface area (Å²) in [6, 6.07) is 13.3. The molecule has 0 aromatic heterocycles. The van der Waals surface area contributed by atoms with Crippen molar-refractivity contribution in [3.8, 4) is 11.5 Å². The van der Waals surface area contributed by atoms with Crippen molar-refractivity contribution in [1.82, 2.24) is 9.80 Å². The zero-order valence-corrected chi connectivity index (χ0v) is 20.1. The summed E-state index contributed by atoms with van der Waals surface area (Å²) in [6.45, 7) is 5.76. The number of benzene rings is 2.